The molecule has 2 rings (SSSR count). The number of guanidine groups is 1. The molecule has 126 valence electrons. The van der Waals surface area contributed by atoms with Crippen LogP contribution < -0.4 is 5.32 Å². The lowest BCUT2D eigenvalue weighted by Crippen LogP contribution is -2.39. The van der Waals surface area contributed by atoms with Crippen LogP contribution in [0.5, 0.6) is 0 Å². The molecule has 2 aromatic heterocycles. The fourth-order valence-electron chi connectivity index (χ4n) is 2.10. The van der Waals surface area contributed by atoms with Crippen molar-refractivity contribution < 1.29 is 0 Å². The van der Waals surface area contributed by atoms with Crippen molar-refractivity contribution >= 4 is 29.9 Å². The van der Waals surface area contributed by atoms with Crippen molar-refractivity contribution in [2.24, 2.45) is 12.0 Å². The summed E-state index contributed by atoms with van der Waals surface area (Å²) in [6, 6.07) is 4.14. The Balaban J connectivity index is 0.00000264. The third-order valence-corrected chi connectivity index (χ3v) is 3.43. The molecule has 0 spiro atoms. The van der Waals surface area contributed by atoms with Crippen LogP contribution >= 0.6 is 24.0 Å². The SMILES string of the molecule is CN=C(NCCc1ccc(C)nc1)N(C)Cc1ncnn1C.I. The van der Waals surface area contributed by atoms with Crippen molar-refractivity contribution in [2.45, 2.75) is 19.9 Å². The van der Waals surface area contributed by atoms with Gasteiger partial charge in [-0.25, -0.2) is 4.98 Å². The zero-order chi connectivity index (χ0) is 15.9. The Labute approximate surface area is 154 Å². The van der Waals surface area contributed by atoms with Gasteiger partial charge in [0.25, 0.3) is 0 Å². The smallest absolute Gasteiger partial charge is 0.193 e. The van der Waals surface area contributed by atoms with E-state index in [4.69, 9.17) is 0 Å². The molecule has 0 aliphatic carbocycles. The van der Waals surface area contributed by atoms with Crippen molar-refractivity contribution in [3.05, 3.63) is 41.7 Å². The molecule has 0 aliphatic rings. The fourth-order valence-corrected chi connectivity index (χ4v) is 2.10. The van der Waals surface area contributed by atoms with Gasteiger partial charge in [0.2, 0.25) is 0 Å². The number of halogens is 1. The maximum Gasteiger partial charge on any atom is 0.193 e. The molecule has 0 aromatic carbocycles. The Morgan fingerprint density at radius 2 is 2.13 bits per heavy atom. The van der Waals surface area contributed by atoms with Gasteiger partial charge in [-0.2, -0.15) is 5.10 Å². The van der Waals surface area contributed by atoms with Gasteiger partial charge in [-0.15, -0.1) is 24.0 Å². The fraction of sp³-hybridized carbons (Fsp3) is 0.467. The number of pyridine rings is 1. The summed E-state index contributed by atoms with van der Waals surface area (Å²) < 4.78 is 1.77. The van der Waals surface area contributed by atoms with Crippen LogP contribution in [-0.4, -0.2) is 51.2 Å². The summed E-state index contributed by atoms with van der Waals surface area (Å²) >= 11 is 0. The molecule has 0 aliphatic heterocycles. The Morgan fingerprint density at radius 1 is 1.35 bits per heavy atom. The maximum atomic E-state index is 4.31. The zero-order valence-corrected chi connectivity index (χ0v) is 16.4. The summed E-state index contributed by atoms with van der Waals surface area (Å²) in [7, 11) is 5.65. The van der Waals surface area contributed by atoms with Crippen molar-refractivity contribution in [3.8, 4) is 0 Å². The summed E-state index contributed by atoms with van der Waals surface area (Å²) in [5.41, 5.74) is 2.25. The first-order chi connectivity index (χ1) is 10.6. The lowest BCUT2D eigenvalue weighted by molar-refractivity contribution is 0.449. The molecule has 0 saturated heterocycles. The summed E-state index contributed by atoms with van der Waals surface area (Å²) in [5.74, 6) is 1.73. The van der Waals surface area contributed by atoms with Gasteiger partial charge in [-0.05, 0) is 25.0 Å². The van der Waals surface area contributed by atoms with Gasteiger partial charge in [0.15, 0.2) is 5.96 Å². The Morgan fingerprint density at radius 3 is 2.70 bits per heavy atom. The Hall–Kier alpha value is -1.71. The highest BCUT2D eigenvalue weighted by Crippen LogP contribution is 2.01. The Bertz CT molecular complexity index is 621. The molecule has 0 radical (unpaired) electrons. The highest BCUT2D eigenvalue weighted by Gasteiger charge is 2.09. The average molecular weight is 429 g/mol. The molecule has 0 unspecified atom stereocenters. The monoisotopic (exact) mass is 429 g/mol. The van der Waals surface area contributed by atoms with Gasteiger partial charge in [-0.1, -0.05) is 6.07 Å². The normalized spacial score (nSPS) is 11.0. The second kappa shape index (κ2) is 9.43. The molecule has 0 amide bonds. The standard InChI is InChI=1S/C15H23N7.HI/c1-12-5-6-13(9-18-12)7-8-17-15(16-2)21(3)10-14-19-11-20-22(14)4;/h5-6,9,11H,7-8,10H2,1-4H3,(H,16,17);1H. The van der Waals surface area contributed by atoms with E-state index in [0.717, 1.165) is 30.4 Å². The van der Waals surface area contributed by atoms with Crippen molar-refractivity contribution in [1.82, 2.24) is 30.0 Å². The predicted molar refractivity (Wildman–Crippen MR) is 102 cm³/mol. The van der Waals surface area contributed by atoms with E-state index in [2.05, 4.69) is 31.4 Å². The van der Waals surface area contributed by atoms with Gasteiger partial charge in [0.05, 0.1) is 6.54 Å². The molecule has 8 heteroatoms. The second-order valence-electron chi connectivity index (χ2n) is 5.19. The van der Waals surface area contributed by atoms with Crippen LogP contribution in [0.3, 0.4) is 0 Å². The number of aryl methyl sites for hydroxylation is 2. The van der Waals surface area contributed by atoms with Crippen molar-refractivity contribution in [2.75, 3.05) is 20.6 Å². The number of aliphatic imine (C=N–C) groups is 1. The summed E-state index contributed by atoms with van der Waals surface area (Å²) in [4.78, 5) is 14.9. The number of aromatic nitrogens is 4. The van der Waals surface area contributed by atoms with Gasteiger partial charge in [-0.3, -0.25) is 14.7 Å². The van der Waals surface area contributed by atoms with E-state index in [9.17, 15) is 0 Å². The molecule has 1 N–H and O–H groups in total. The second-order valence-corrected chi connectivity index (χ2v) is 5.19. The van der Waals surface area contributed by atoms with Crippen LogP contribution in [0.25, 0.3) is 0 Å². The first-order valence-corrected chi connectivity index (χ1v) is 7.26. The zero-order valence-electron chi connectivity index (χ0n) is 14.0. The lowest BCUT2D eigenvalue weighted by Gasteiger charge is -2.21. The van der Waals surface area contributed by atoms with Crippen LogP contribution in [-0.2, 0) is 20.0 Å². The molecule has 2 heterocycles. The van der Waals surface area contributed by atoms with E-state index in [0.29, 0.717) is 6.54 Å². The van der Waals surface area contributed by atoms with E-state index in [1.54, 1.807) is 18.1 Å². The molecule has 2 aromatic rings. The summed E-state index contributed by atoms with van der Waals surface area (Å²) in [6.07, 6.45) is 4.39. The number of nitrogens with one attached hydrogen (secondary N) is 1. The van der Waals surface area contributed by atoms with Gasteiger partial charge >= 0.3 is 0 Å². The third kappa shape index (κ3) is 5.77. The van der Waals surface area contributed by atoms with Crippen molar-refractivity contribution in [3.63, 3.8) is 0 Å². The predicted octanol–water partition coefficient (Wildman–Crippen LogP) is 1.39. The minimum atomic E-state index is 0. The number of rotatable bonds is 5. The highest BCUT2D eigenvalue weighted by molar-refractivity contribution is 14.0. The first kappa shape index (κ1) is 19.3. The molecule has 0 fully saturated rings. The van der Waals surface area contributed by atoms with Crippen LogP contribution in [0.2, 0.25) is 0 Å². The van der Waals surface area contributed by atoms with Crippen LogP contribution in [0.4, 0.5) is 0 Å². The van der Waals surface area contributed by atoms with E-state index >= 15 is 0 Å². The number of nitrogens with zero attached hydrogens (tertiary/aromatic N) is 6. The van der Waals surface area contributed by atoms with E-state index in [-0.39, 0.29) is 24.0 Å². The van der Waals surface area contributed by atoms with Crippen LogP contribution in [0, 0.1) is 6.92 Å². The van der Waals surface area contributed by atoms with Crippen LogP contribution in [0.1, 0.15) is 17.1 Å². The lowest BCUT2D eigenvalue weighted by atomic mass is 10.2. The molecule has 0 atom stereocenters. The van der Waals surface area contributed by atoms with E-state index in [1.807, 2.05) is 38.2 Å². The van der Waals surface area contributed by atoms with Gasteiger partial charge in [0.1, 0.15) is 12.2 Å². The quantitative estimate of drug-likeness (QED) is 0.442. The van der Waals surface area contributed by atoms with Gasteiger partial charge in [0, 0.05) is 39.6 Å². The molecule has 7 nitrogen and oxygen atoms in total. The van der Waals surface area contributed by atoms with E-state index in [1.165, 1.54) is 5.56 Å². The van der Waals surface area contributed by atoms with Crippen molar-refractivity contribution in [1.29, 1.82) is 0 Å². The third-order valence-electron chi connectivity index (χ3n) is 3.43. The Kier molecular flexibility index (Phi) is 7.93. The molecule has 23 heavy (non-hydrogen) atoms. The van der Waals surface area contributed by atoms with Gasteiger partial charge < -0.3 is 10.2 Å². The minimum absolute atomic E-state index is 0. The number of hydrogen-bond donors (Lipinski definition) is 1. The molecular formula is C15H24IN7. The molecule has 0 saturated carbocycles. The summed E-state index contributed by atoms with van der Waals surface area (Å²) in [5, 5.41) is 7.43. The summed E-state index contributed by atoms with van der Waals surface area (Å²) in [6.45, 7) is 3.45. The highest BCUT2D eigenvalue weighted by atomic mass is 127. The molecule has 0 bridgehead atoms. The minimum Gasteiger partial charge on any atom is -0.356 e. The average Bonchev–Trinajstić information content (AvgIpc) is 2.90. The molecular weight excluding hydrogens is 405 g/mol. The van der Waals surface area contributed by atoms with E-state index < -0.39 is 0 Å². The largest absolute Gasteiger partial charge is 0.356 e. The topological polar surface area (TPSA) is 71.2 Å². The van der Waals surface area contributed by atoms with Crippen LogP contribution in [0.15, 0.2) is 29.6 Å². The maximum absolute atomic E-state index is 4.31. The number of hydrogen-bond acceptors (Lipinski definition) is 4. The first-order valence-electron chi connectivity index (χ1n) is 7.26.